The maximum Gasteiger partial charge on any atom is 0.0223 e. The average Bonchev–Trinajstić information content (AvgIpc) is 2.45. The van der Waals surface area contributed by atoms with Gasteiger partial charge in [0.05, 0.1) is 0 Å². The first-order valence-corrected chi connectivity index (χ1v) is 9.20. The highest BCUT2D eigenvalue weighted by Gasteiger charge is 2.30. The predicted octanol–water partition coefficient (Wildman–Crippen LogP) is 2.96. The van der Waals surface area contributed by atoms with Crippen LogP contribution in [-0.2, 0) is 0 Å². The van der Waals surface area contributed by atoms with E-state index in [1.54, 1.807) is 0 Å². The molecule has 0 aliphatic carbocycles. The van der Waals surface area contributed by atoms with Crippen molar-refractivity contribution >= 4 is 0 Å². The van der Waals surface area contributed by atoms with Crippen LogP contribution in [0.25, 0.3) is 0 Å². The van der Waals surface area contributed by atoms with Crippen LogP contribution in [0.3, 0.4) is 0 Å². The molecule has 2 atom stereocenters. The zero-order valence-electron chi connectivity index (χ0n) is 14.8. The second-order valence-corrected chi connectivity index (χ2v) is 8.15. The van der Waals surface area contributed by atoms with Gasteiger partial charge >= 0.3 is 0 Å². The van der Waals surface area contributed by atoms with Crippen LogP contribution in [0.15, 0.2) is 0 Å². The van der Waals surface area contributed by atoms with Gasteiger partial charge in [0.15, 0.2) is 0 Å². The van der Waals surface area contributed by atoms with E-state index in [0.717, 1.165) is 12.6 Å². The molecule has 2 aliphatic heterocycles. The van der Waals surface area contributed by atoms with Crippen molar-refractivity contribution < 1.29 is 0 Å². The number of fused-ring (bicyclic) bond motifs is 1. The normalized spacial score (nSPS) is 26.6. The molecule has 2 fully saturated rings. The second-order valence-electron chi connectivity index (χ2n) is 8.15. The van der Waals surface area contributed by atoms with E-state index in [1.165, 1.54) is 64.8 Å². The second kappa shape index (κ2) is 7.94. The third-order valence-corrected chi connectivity index (χ3v) is 5.34. The first-order valence-electron chi connectivity index (χ1n) is 9.20. The molecule has 2 unspecified atom stereocenters. The molecule has 0 aromatic carbocycles. The lowest BCUT2D eigenvalue weighted by molar-refractivity contribution is 0.0452. The first-order chi connectivity index (χ1) is 10.0. The van der Waals surface area contributed by atoms with Crippen molar-refractivity contribution in [1.29, 1.82) is 0 Å². The van der Waals surface area contributed by atoms with Gasteiger partial charge in [0.25, 0.3) is 0 Å². The van der Waals surface area contributed by atoms with Crippen LogP contribution in [0.5, 0.6) is 0 Å². The minimum Gasteiger partial charge on any atom is -0.313 e. The number of piperazine rings is 1. The summed E-state index contributed by atoms with van der Waals surface area (Å²) in [5.41, 5.74) is 0.363. The topological polar surface area (TPSA) is 18.5 Å². The van der Waals surface area contributed by atoms with Crippen LogP contribution < -0.4 is 5.32 Å². The fourth-order valence-corrected chi connectivity index (χ4v) is 3.89. The number of nitrogens with one attached hydrogen (secondary N) is 1. The summed E-state index contributed by atoms with van der Waals surface area (Å²) in [7, 11) is 0. The smallest absolute Gasteiger partial charge is 0.0223 e. The third-order valence-electron chi connectivity index (χ3n) is 5.34. The summed E-state index contributed by atoms with van der Waals surface area (Å²) in [5.74, 6) is 0. The van der Waals surface area contributed by atoms with E-state index < -0.39 is 0 Å². The molecule has 2 saturated heterocycles. The highest BCUT2D eigenvalue weighted by molar-refractivity contribution is 4.87. The fourth-order valence-electron chi connectivity index (χ4n) is 3.89. The highest BCUT2D eigenvalue weighted by atomic mass is 15.3. The largest absolute Gasteiger partial charge is 0.313 e. The number of hydrogen-bond acceptors (Lipinski definition) is 3. The zero-order chi connectivity index (χ0) is 15.3. The number of piperidine rings is 1. The van der Waals surface area contributed by atoms with Crippen LogP contribution in [0.2, 0.25) is 0 Å². The molecular weight excluding hydrogens is 258 g/mol. The maximum absolute atomic E-state index is 3.77. The van der Waals surface area contributed by atoms with E-state index in [1.807, 2.05) is 0 Å². The van der Waals surface area contributed by atoms with Crippen molar-refractivity contribution in [2.45, 2.75) is 71.9 Å². The third kappa shape index (κ3) is 5.22. The summed E-state index contributed by atoms with van der Waals surface area (Å²) >= 11 is 0. The Morgan fingerprint density at radius 1 is 1.14 bits per heavy atom. The molecule has 3 nitrogen and oxygen atoms in total. The van der Waals surface area contributed by atoms with E-state index in [9.17, 15) is 0 Å². The lowest BCUT2D eigenvalue weighted by Crippen LogP contribution is -2.55. The molecule has 0 saturated carbocycles. The SMILES string of the molecule is CCCNC(CCN1CCN2CCCCC2C1)C(C)(C)C. The molecule has 3 heteroatoms. The molecule has 21 heavy (non-hydrogen) atoms. The Labute approximate surface area is 132 Å². The zero-order valence-corrected chi connectivity index (χ0v) is 14.8. The van der Waals surface area contributed by atoms with Gasteiger partial charge in [-0.2, -0.15) is 0 Å². The Bertz CT molecular complexity index is 297. The van der Waals surface area contributed by atoms with Gasteiger partial charge in [0.2, 0.25) is 0 Å². The Kier molecular flexibility index (Phi) is 6.51. The molecule has 0 radical (unpaired) electrons. The van der Waals surface area contributed by atoms with Gasteiger partial charge in [-0.1, -0.05) is 34.1 Å². The minimum atomic E-state index is 0.363. The number of rotatable bonds is 6. The molecular formula is C18H37N3. The quantitative estimate of drug-likeness (QED) is 0.813. The van der Waals surface area contributed by atoms with Crippen molar-refractivity contribution in [3.63, 3.8) is 0 Å². The van der Waals surface area contributed by atoms with Crippen LogP contribution in [0, 0.1) is 5.41 Å². The van der Waals surface area contributed by atoms with Gasteiger partial charge in [-0.15, -0.1) is 0 Å². The molecule has 0 spiro atoms. The summed E-state index contributed by atoms with van der Waals surface area (Å²) < 4.78 is 0. The van der Waals surface area contributed by atoms with E-state index in [-0.39, 0.29) is 0 Å². The molecule has 124 valence electrons. The van der Waals surface area contributed by atoms with E-state index in [4.69, 9.17) is 0 Å². The van der Waals surface area contributed by atoms with Crippen LogP contribution in [0.1, 0.15) is 59.8 Å². The summed E-state index contributed by atoms with van der Waals surface area (Å²) in [6, 6.07) is 1.49. The van der Waals surface area contributed by atoms with Crippen LogP contribution in [0.4, 0.5) is 0 Å². The highest BCUT2D eigenvalue weighted by Crippen LogP contribution is 2.24. The van der Waals surface area contributed by atoms with Gasteiger partial charge in [-0.05, 0) is 50.7 Å². The van der Waals surface area contributed by atoms with Gasteiger partial charge in [0.1, 0.15) is 0 Å². The molecule has 0 amide bonds. The molecule has 2 heterocycles. The monoisotopic (exact) mass is 295 g/mol. The van der Waals surface area contributed by atoms with Crippen LogP contribution >= 0.6 is 0 Å². The average molecular weight is 296 g/mol. The van der Waals surface area contributed by atoms with E-state index in [2.05, 4.69) is 42.8 Å². The summed E-state index contributed by atoms with van der Waals surface area (Å²) in [4.78, 5) is 5.45. The van der Waals surface area contributed by atoms with E-state index >= 15 is 0 Å². The van der Waals surface area contributed by atoms with Gasteiger partial charge in [0, 0.05) is 31.7 Å². The molecule has 1 N–H and O–H groups in total. The summed E-state index contributed by atoms with van der Waals surface area (Å²) in [6.45, 7) is 17.0. The maximum atomic E-state index is 3.77. The molecule has 2 aliphatic rings. The Hall–Kier alpha value is -0.120. The lowest BCUT2D eigenvalue weighted by atomic mass is 9.84. The van der Waals surface area contributed by atoms with Crippen molar-refractivity contribution in [3.8, 4) is 0 Å². The van der Waals surface area contributed by atoms with Crippen molar-refractivity contribution in [3.05, 3.63) is 0 Å². The first kappa shape index (κ1) is 17.2. The Morgan fingerprint density at radius 3 is 2.67 bits per heavy atom. The molecule has 0 aromatic heterocycles. The number of nitrogens with zero attached hydrogens (tertiary/aromatic N) is 2. The summed E-state index contributed by atoms with van der Waals surface area (Å²) in [6.07, 6.45) is 6.80. The lowest BCUT2D eigenvalue weighted by Gasteiger charge is -2.44. The number of hydrogen-bond donors (Lipinski definition) is 1. The fraction of sp³-hybridized carbons (Fsp3) is 1.00. The Morgan fingerprint density at radius 2 is 1.95 bits per heavy atom. The van der Waals surface area contributed by atoms with Crippen LogP contribution in [-0.4, -0.2) is 61.2 Å². The van der Waals surface area contributed by atoms with Gasteiger partial charge < -0.3 is 10.2 Å². The van der Waals surface area contributed by atoms with Crippen molar-refractivity contribution in [1.82, 2.24) is 15.1 Å². The van der Waals surface area contributed by atoms with Crippen molar-refractivity contribution in [2.24, 2.45) is 5.41 Å². The minimum absolute atomic E-state index is 0.363. The Balaban J connectivity index is 1.78. The van der Waals surface area contributed by atoms with Gasteiger partial charge in [-0.25, -0.2) is 0 Å². The molecule has 2 rings (SSSR count). The standard InChI is InChI=1S/C18H37N3/c1-5-10-19-17(18(2,3)4)9-12-20-13-14-21-11-7-6-8-16(21)15-20/h16-17,19H,5-15H2,1-4H3. The van der Waals surface area contributed by atoms with Crippen molar-refractivity contribution in [2.75, 3.05) is 39.3 Å². The summed E-state index contributed by atoms with van der Waals surface area (Å²) in [5, 5.41) is 3.77. The molecule has 0 bridgehead atoms. The molecule has 0 aromatic rings. The predicted molar refractivity (Wildman–Crippen MR) is 91.8 cm³/mol. The van der Waals surface area contributed by atoms with E-state index in [0.29, 0.717) is 11.5 Å². The van der Waals surface area contributed by atoms with Gasteiger partial charge in [-0.3, -0.25) is 4.90 Å².